The van der Waals surface area contributed by atoms with Gasteiger partial charge in [-0.25, -0.2) is 0 Å². The summed E-state index contributed by atoms with van der Waals surface area (Å²) in [6, 6.07) is 9.14. The average Bonchev–Trinajstić information content (AvgIpc) is 2.45. The summed E-state index contributed by atoms with van der Waals surface area (Å²) in [7, 11) is 1.73. The van der Waals surface area contributed by atoms with Crippen molar-refractivity contribution in [1.82, 2.24) is 4.90 Å². The predicted molar refractivity (Wildman–Crippen MR) is 77.6 cm³/mol. The highest BCUT2D eigenvalue weighted by molar-refractivity contribution is 5.76. The predicted octanol–water partition coefficient (Wildman–Crippen LogP) is 2.78. The molecule has 0 fully saturated rings. The van der Waals surface area contributed by atoms with Crippen LogP contribution in [0.5, 0.6) is 0 Å². The Balaban J connectivity index is 2.68. The van der Waals surface area contributed by atoms with Crippen LogP contribution in [0.15, 0.2) is 43.0 Å². The number of carbonyl (C=O) groups excluding carboxylic acids is 1. The summed E-state index contributed by atoms with van der Waals surface area (Å²) in [5, 5.41) is 10.3. The van der Waals surface area contributed by atoms with Crippen molar-refractivity contribution in [3.63, 3.8) is 0 Å². The topological polar surface area (TPSA) is 40.5 Å². The number of rotatable bonds is 6. The van der Waals surface area contributed by atoms with E-state index in [1.165, 1.54) is 0 Å². The lowest BCUT2D eigenvalue weighted by Crippen LogP contribution is -2.39. The number of hydrogen-bond donors (Lipinski definition) is 1. The lowest BCUT2D eigenvalue weighted by Gasteiger charge is -2.30. The van der Waals surface area contributed by atoms with Crippen molar-refractivity contribution in [2.75, 3.05) is 7.05 Å². The third kappa shape index (κ3) is 4.21. The zero-order valence-corrected chi connectivity index (χ0v) is 11.9. The highest BCUT2D eigenvalue weighted by Gasteiger charge is 2.24. The molecule has 104 valence electrons. The Morgan fingerprint density at radius 1 is 1.37 bits per heavy atom. The highest BCUT2D eigenvalue weighted by Crippen LogP contribution is 2.20. The van der Waals surface area contributed by atoms with Gasteiger partial charge in [0.2, 0.25) is 5.91 Å². The molecule has 0 aliphatic carbocycles. The van der Waals surface area contributed by atoms with E-state index >= 15 is 0 Å². The Bertz CT molecular complexity index is 416. The molecule has 1 N–H and O–H groups in total. The van der Waals surface area contributed by atoms with Gasteiger partial charge in [-0.2, -0.15) is 0 Å². The van der Waals surface area contributed by atoms with E-state index in [0.717, 1.165) is 5.56 Å². The first kappa shape index (κ1) is 15.4. The number of hydrogen-bond acceptors (Lipinski definition) is 2. The first-order valence-electron chi connectivity index (χ1n) is 6.58. The monoisotopic (exact) mass is 261 g/mol. The van der Waals surface area contributed by atoms with Crippen molar-refractivity contribution in [3.05, 3.63) is 48.6 Å². The summed E-state index contributed by atoms with van der Waals surface area (Å²) in [5.74, 6) is 0.172. The van der Waals surface area contributed by atoms with E-state index in [-0.39, 0.29) is 17.9 Å². The maximum atomic E-state index is 12.1. The summed E-state index contributed by atoms with van der Waals surface area (Å²) in [6.45, 7) is 7.49. The second-order valence-corrected chi connectivity index (χ2v) is 5.02. The van der Waals surface area contributed by atoms with Gasteiger partial charge in [0.25, 0.3) is 0 Å². The molecule has 0 saturated heterocycles. The first-order chi connectivity index (χ1) is 8.97. The molecule has 0 bridgehead atoms. The Hall–Kier alpha value is -1.61. The molecule has 3 atom stereocenters. The van der Waals surface area contributed by atoms with Gasteiger partial charge in [0.15, 0.2) is 0 Å². The molecule has 0 spiro atoms. The fourth-order valence-electron chi connectivity index (χ4n) is 1.87. The molecule has 19 heavy (non-hydrogen) atoms. The van der Waals surface area contributed by atoms with E-state index in [0.29, 0.717) is 6.42 Å². The first-order valence-corrected chi connectivity index (χ1v) is 6.58. The van der Waals surface area contributed by atoms with Gasteiger partial charge in [-0.15, -0.1) is 6.58 Å². The molecule has 1 rings (SSSR count). The minimum atomic E-state index is -0.672. The van der Waals surface area contributed by atoms with Crippen LogP contribution in [0.25, 0.3) is 0 Å². The number of aliphatic hydroxyl groups is 1. The SMILES string of the molecule is C=C[C@@H](C)CC(=O)N(C)[C@H](C)[C@H](O)c1ccccc1. The quantitative estimate of drug-likeness (QED) is 0.800. The zero-order valence-electron chi connectivity index (χ0n) is 11.9. The van der Waals surface area contributed by atoms with Crippen LogP contribution in [0, 0.1) is 5.92 Å². The van der Waals surface area contributed by atoms with Gasteiger partial charge in [-0.05, 0) is 18.4 Å². The molecule has 0 aliphatic rings. The highest BCUT2D eigenvalue weighted by atomic mass is 16.3. The number of carbonyl (C=O) groups is 1. The van der Waals surface area contributed by atoms with Crippen molar-refractivity contribution < 1.29 is 9.90 Å². The van der Waals surface area contributed by atoms with Gasteiger partial charge < -0.3 is 10.0 Å². The number of allylic oxidation sites excluding steroid dienone is 1. The van der Waals surface area contributed by atoms with E-state index < -0.39 is 6.10 Å². The molecule has 0 unspecified atom stereocenters. The van der Waals surface area contributed by atoms with Crippen molar-refractivity contribution in [3.8, 4) is 0 Å². The number of aliphatic hydroxyl groups excluding tert-OH is 1. The van der Waals surface area contributed by atoms with Crippen molar-refractivity contribution in [2.24, 2.45) is 5.92 Å². The van der Waals surface area contributed by atoms with Crippen molar-refractivity contribution >= 4 is 5.91 Å². The molecule has 3 nitrogen and oxygen atoms in total. The van der Waals surface area contributed by atoms with Crippen molar-refractivity contribution in [2.45, 2.75) is 32.4 Å². The number of likely N-dealkylation sites (N-methyl/N-ethyl adjacent to an activating group) is 1. The lowest BCUT2D eigenvalue weighted by atomic mass is 10.0. The third-order valence-electron chi connectivity index (χ3n) is 3.50. The summed E-state index contributed by atoms with van der Waals surface area (Å²) < 4.78 is 0. The average molecular weight is 261 g/mol. The largest absolute Gasteiger partial charge is 0.386 e. The van der Waals surface area contributed by atoms with E-state index in [4.69, 9.17) is 0 Å². The van der Waals surface area contributed by atoms with Gasteiger partial charge in [-0.1, -0.05) is 43.3 Å². The van der Waals surface area contributed by atoms with Crippen molar-refractivity contribution in [1.29, 1.82) is 0 Å². The summed E-state index contributed by atoms with van der Waals surface area (Å²) in [6.07, 6.45) is 1.52. The Kier molecular flexibility index (Phi) is 5.77. The van der Waals surface area contributed by atoms with Gasteiger partial charge in [-0.3, -0.25) is 4.79 Å². The Morgan fingerprint density at radius 2 is 1.95 bits per heavy atom. The smallest absolute Gasteiger partial charge is 0.223 e. The maximum Gasteiger partial charge on any atom is 0.223 e. The van der Waals surface area contributed by atoms with Crippen LogP contribution in [-0.2, 0) is 4.79 Å². The van der Waals surface area contributed by atoms with Crippen LogP contribution in [0.2, 0.25) is 0 Å². The molecule has 0 heterocycles. The Labute approximate surface area is 115 Å². The number of nitrogens with zero attached hydrogens (tertiary/aromatic N) is 1. The molecule has 3 heteroatoms. The fourth-order valence-corrected chi connectivity index (χ4v) is 1.87. The molecule has 1 aromatic rings. The van der Waals surface area contributed by atoms with Crippen LogP contribution in [0.4, 0.5) is 0 Å². The second-order valence-electron chi connectivity index (χ2n) is 5.02. The molecule has 1 amide bonds. The van der Waals surface area contributed by atoms with Crippen LogP contribution in [-0.4, -0.2) is 29.0 Å². The summed E-state index contributed by atoms with van der Waals surface area (Å²) in [4.78, 5) is 13.7. The zero-order chi connectivity index (χ0) is 14.4. The van der Waals surface area contributed by atoms with Crippen LogP contribution in [0.3, 0.4) is 0 Å². The van der Waals surface area contributed by atoms with Gasteiger partial charge in [0.1, 0.15) is 0 Å². The molecule has 0 radical (unpaired) electrons. The Morgan fingerprint density at radius 3 is 2.47 bits per heavy atom. The summed E-state index contributed by atoms with van der Waals surface area (Å²) in [5.41, 5.74) is 0.825. The molecule has 0 aliphatic heterocycles. The minimum absolute atomic E-state index is 0.0230. The number of benzene rings is 1. The molecule has 1 aromatic carbocycles. The molecule has 0 aromatic heterocycles. The third-order valence-corrected chi connectivity index (χ3v) is 3.50. The second kappa shape index (κ2) is 7.10. The van der Waals surface area contributed by atoms with Crippen LogP contribution >= 0.6 is 0 Å². The van der Waals surface area contributed by atoms with E-state index in [2.05, 4.69) is 6.58 Å². The summed E-state index contributed by atoms with van der Waals surface area (Å²) >= 11 is 0. The minimum Gasteiger partial charge on any atom is -0.386 e. The van der Waals surface area contributed by atoms with E-state index in [9.17, 15) is 9.90 Å². The molecular weight excluding hydrogens is 238 g/mol. The van der Waals surface area contributed by atoms with Gasteiger partial charge in [0.05, 0.1) is 12.1 Å². The standard InChI is InChI=1S/C16H23NO2/c1-5-12(2)11-15(18)17(4)13(3)16(19)14-9-7-6-8-10-14/h5-10,12-13,16,19H,1,11H2,2-4H3/t12-,13-,16+/m1/s1. The lowest BCUT2D eigenvalue weighted by molar-refractivity contribution is -0.134. The van der Waals surface area contributed by atoms with E-state index in [1.54, 1.807) is 18.0 Å². The van der Waals surface area contributed by atoms with Crippen LogP contribution in [0.1, 0.15) is 31.9 Å². The molecular formula is C16H23NO2. The number of amides is 1. The van der Waals surface area contributed by atoms with Gasteiger partial charge in [0, 0.05) is 13.5 Å². The van der Waals surface area contributed by atoms with E-state index in [1.807, 2.05) is 44.2 Å². The maximum absolute atomic E-state index is 12.1. The fraction of sp³-hybridized carbons (Fsp3) is 0.438. The van der Waals surface area contributed by atoms with Gasteiger partial charge >= 0.3 is 0 Å². The normalized spacial score (nSPS) is 15.4. The molecule has 0 saturated carbocycles. The van der Waals surface area contributed by atoms with Crippen LogP contribution < -0.4 is 0 Å².